The molecule has 60 valence electrons. The number of hydrogen-bond acceptors (Lipinski definition) is 3. The number of rotatable bonds is 6. The van der Waals surface area contributed by atoms with E-state index in [4.69, 9.17) is 10.2 Å². The summed E-state index contributed by atoms with van der Waals surface area (Å²) in [6.07, 6.45) is 2.50. The fourth-order valence-corrected chi connectivity index (χ4v) is 0.732. The first-order valence-corrected chi connectivity index (χ1v) is 3.53. The lowest BCUT2D eigenvalue weighted by atomic mass is 10.1. The number of hydrogen-bond donors (Lipinski definition) is 2. The molecule has 0 amide bonds. The van der Waals surface area contributed by atoms with Gasteiger partial charge in [0.05, 0.1) is 6.10 Å². The molecule has 0 aliphatic heterocycles. The fraction of sp³-hybridized carbons (Fsp3) is 0.857. The van der Waals surface area contributed by atoms with Crippen molar-refractivity contribution < 1.29 is 15.0 Å². The van der Waals surface area contributed by atoms with Crippen LogP contribution in [0.4, 0.5) is 0 Å². The van der Waals surface area contributed by atoms with Crippen LogP contribution in [0.15, 0.2) is 0 Å². The van der Waals surface area contributed by atoms with Gasteiger partial charge in [-0.25, -0.2) is 0 Å². The highest BCUT2D eigenvalue weighted by molar-refractivity contribution is 5.49. The third kappa shape index (κ3) is 5.72. The molecule has 1 atom stereocenters. The summed E-state index contributed by atoms with van der Waals surface area (Å²) in [5.41, 5.74) is 0. The summed E-state index contributed by atoms with van der Waals surface area (Å²) >= 11 is 0. The molecule has 10 heavy (non-hydrogen) atoms. The average Bonchev–Trinajstić information content (AvgIpc) is 1.97. The van der Waals surface area contributed by atoms with Gasteiger partial charge in [-0.05, 0) is 19.3 Å². The number of aliphatic hydroxyl groups excluding tert-OH is 2. The van der Waals surface area contributed by atoms with E-state index in [0.29, 0.717) is 25.7 Å². The van der Waals surface area contributed by atoms with E-state index >= 15 is 0 Å². The molecule has 0 radical (unpaired) electrons. The molecule has 0 fully saturated rings. The van der Waals surface area contributed by atoms with Gasteiger partial charge in [-0.1, -0.05) is 0 Å². The van der Waals surface area contributed by atoms with E-state index in [0.717, 1.165) is 6.29 Å². The number of carbonyl (C=O) groups is 1. The molecule has 3 heteroatoms. The molecule has 0 aromatic rings. The summed E-state index contributed by atoms with van der Waals surface area (Å²) in [7, 11) is 0. The predicted octanol–water partition coefficient (Wildman–Crippen LogP) is 0.0989. The van der Waals surface area contributed by atoms with Gasteiger partial charge in [0.15, 0.2) is 0 Å². The van der Waals surface area contributed by atoms with Crippen LogP contribution in [0.3, 0.4) is 0 Å². The number of carbonyl (C=O) groups excluding carboxylic acids is 1. The van der Waals surface area contributed by atoms with Crippen LogP contribution in [0, 0.1) is 0 Å². The zero-order chi connectivity index (χ0) is 7.82. The Kier molecular flexibility index (Phi) is 6.43. The minimum absolute atomic E-state index is 0.109. The van der Waals surface area contributed by atoms with Crippen molar-refractivity contribution in [2.75, 3.05) is 6.61 Å². The summed E-state index contributed by atoms with van der Waals surface area (Å²) in [6, 6.07) is 0. The molecule has 0 saturated carbocycles. The Morgan fingerprint density at radius 3 is 2.60 bits per heavy atom. The van der Waals surface area contributed by atoms with Crippen molar-refractivity contribution in [2.45, 2.75) is 31.8 Å². The van der Waals surface area contributed by atoms with E-state index in [9.17, 15) is 4.79 Å². The second-order valence-corrected chi connectivity index (χ2v) is 2.26. The standard InChI is InChI=1S/C7H14O3/c8-5-1-3-7(10)4-2-6-9/h5,7,9-10H,1-4,6H2. The number of aldehydes is 1. The molecule has 0 rings (SSSR count). The molecule has 2 N–H and O–H groups in total. The Morgan fingerprint density at radius 2 is 2.10 bits per heavy atom. The van der Waals surface area contributed by atoms with Crippen LogP contribution in [0.2, 0.25) is 0 Å². The molecule has 0 saturated heterocycles. The molecular weight excluding hydrogens is 132 g/mol. The molecule has 3 nitrogen and oxygen atoms in total. The van der Waals surface area contributed by atoms with Crippen LogP contribution in [-0.4, -0.2) is 29.2 Å². The maximum Gasteiger partial charge on any atom is 0.120 e. The highest BCUT2D eigenvalue weighted by Gasteiger charge is 2.01. The molecule has 0 aliphatic carbocycles. The van der Waals surface area contributed by atoms with Gasteiger partial charge < -0.3 is 15.0 Å². The maximum atomic E-state index is 9.82. The molecular formula is C7H14O3. The number of aliphatic hydroxyl groups is 2. The SMILES string of the molecule is O=CCCC(O)CCCO. The van der Waals surface area contributed by atoms with Crippen LogP contribution >= 0.6 is 0 Å². The lowest BCUT2D eigenvalue weighted by Crippen LogP contribution is -2.06. The molecule has 0 bridgehead atoms. The largest absolute Gasteiger partial charge is 0.396 e. The summed E-state index contributed by atoms with van der Waals surface area (Å²) < 4.78 is 0. The van der Waals surface area contributed by atoms with Crippen LogP contribution in [0.25, 0.3) is 0 Å². The minimum Gasteiger partial charge on any atom is -0.396 e. The highest BCUT2D eigenvalue weighted by atomic mass is 16.3. The van der Waals surface area contributed by atoms with Gasteiger partial charge in [-0.15, -0.1) is 0 Å². The monoisotopic (exact) mass is 146 g/mol. The highest BCUT2D eigenvalue weighted by Crippen LogP contribution is 2.02. The van der Waals surface area contributed by atoms with Gasteiger partial charge in [-0.3, -0.25) is 0 Å². The van der Waals surface area contributed by atoms with Crippen molar-refractivity contribution in [3.05, 3.63) is 0 Å². The van der Waals surface area contributed by atoms with Crippen LogP contribution in [0.5, 0.6) is 0 Å². The fourth-order valence-electron chi connectivity index (χ4n) is 0.732. The van der Waals surface area contributed by atoms with E-state index < -0.39 is 6.10 Å². The molecule has 0 aromatic heterocycles. The second-order valence-electron chi connectivity index (χ2n) is 2.26. The lowest BCUT2D eigenvalue weighted by Gasteiger charge is -2.05. The van der Waals surface area contributed by atoms with Gasteiger partial charge in [0.25, 0.3) is 0 Å². The summed E-state index contributed by atoms with van der Waals surface area (Å²) in [5.74, 6) is 0. The molecule has 0 heterocycles. The van der Waals surface area contributed by atoms with Crippen molar-refractivity contribution in [2.24, 2.45) is 0 Å². The Labute approximate surface area is 60.7 Å². The molecule has 0 spiro atoms. The van der Waals surface area contributed by atoms with E-state index in [1.165, 1.54) is 0 Å². The summed E-state index contributed by atoms with van der Waals surface area (Å²) in [4.78, 5) is 9.82. The first-order chi connectivity index (χ1) is 4.81. The lowest BCUT2D eigenvalue weighted by molar-refractivity contribution is -0.108. The quantitative estimate of drug-likeness (QED) is 0.522. The predicted molar refractivity (Wildman–Crippen MR) is 37.6 cm³/mol. The van der Waals surface area contributed by atoms with Crippen LogP contribution in [-0.2, 0) is 4.79 Å². The van der Waals surface area contributed by atoms with E-state index in [1.807, 2.05) is 0 Å². The maximum absolute atomic E-state index is 9.82. The molecule has 1 unspecified atom stereocenters. The summed E-state index contributed by atoms with van der Waals surface area (Å²) in [6.45, 7) is 0.109. The van der Waals surface area contributed by atoms with Crippen molar-refractivity contribution in [1.82, 2.24) is 0 Å². The zero-order valence-electron chi connectivity index (χ0n) is 5.99. The van der Waals surface area contributed by atoms with Gasteiger partial charge in [0.2, 0.25) is 0 Å². The van der Waals surface area contributed by atoms with Crippen LogP contribution in [0.1, 0.15) is 25.7 Å². The van der Waals surface area contributed by atoms with Crippen molar-refractivity contribution >= 4 is 6.29 Å². The van der Waals surface area contributed by atoms with Crippen LogP contribution < -0.4 is 0 Å². The first kappa shape index (κ1) is 9.59. The first-order valence-electron chi connectivity index (χ1n) is 3.53. The van der Waals surface area contributed by atoms with Gasteiger partial charge in [-0.2, -0.15) is 0 Å². The Hall–Kier alpha value is -0.410. The van der Waals surface area contributed by atoms with E-state index in [1.54, 1.807) is 0 Å². The Balaban J connectivity index is 3.07. The third-order valence-corrected chi connectivity index (χ3v) is 1.31. The molecule has 0 aromatic carbocycles. The van der Waals surface area contributed by atoms with Crippen molar-refractivity contribution in [3.8, 4) is 0 Å². The average molecular weight is 146 g/mol. The van der Waals surface area contributed by atoms with Crippen molar-refractivity contribution in [3.63, 3.8) is 0 Å². The van der Waals surface area contributed by atoms with Gasteiger partial charge >= 0.3 is 0 Å². The third-order valence-electron chi connectivity index (χ3n) is 1.31. The smallest absolute Gasteiger partial charge is 0.120 e. The van der Waals surface area contributed by atoms with Crippen molar-refractivity contribution in [1.29, 1.82) is 0 Å². The zero-order valence-corrected chi connectivity index (χ0v) is 5.99. The summed E-state index contributed by atoms with van der Waals surface area (Å²) in [5, 5.41) is 17.4. The van der Waals surface area contributed by atoms with E-state index in [-0.39, 0.29) is 6.61 Å². The minimum atomic E-state index is -0.419. The Morgan fingerprint density at radius 1 is 1.40 bits per heavy atom. The van der Waals surface area contributed by atoms with E-state index in [2.05, 4.69) is 0 Å². The molecule has 0 aliphatic rings. The normalized spacial score (nSPS) is 13.0. The Bertz CT molecular complexity index is 82.9. The van der Waals surface area contributed by atoms with Gasteiger partial charge in [0.1, 0.15) is 6.29 Å². The second kappa shape index (κ2) is 6.71. The topological polar surface area (TPSA) is 57.5 Å². The van der Waals surface area contributed by atoms with Gasteiger partial charge in [0, 0.05) is 13.0 Å².